The Morgan fingerprint density at radius 2 is 2.04 bits per heavy atom. The van der Waals surface area contributed by atoms with Crippen LogP contribution in [0.4, 0.5) is 0 Å². The maximum atomic E-state index is 12.5. The second-order valence-corrected chi connectivity index (χ2v) is 6.38. The molecule has 6 nitrogen and oxygen atoms in total. The van der Waals surface area contributed by atoms with Gasteiger partial charge in [-0.1, -0.05) is 6.07 Å². The second-order valence-electron chi connectivity index (χ2n) is 6.38. The molecule has 0 aliphatic carbocycles. The fourth-order valence-corrected chi connectivity index (χ4v) is 2.48. The third-order valence-corrected chi connectivity index (χ3v) is 4.31. The SMILES string of the molecule is Cc1ccc(C(=O)N[C@@H]2CCOC[C@H]2OCC(=O)N(C)C)cc1C. The number of ether oxygens (including phenoxy) is 2. The molecule has 2 amide bonds. The Balaban J connectivity index is 1.98. The number of nitrogens with zero attached hydrogens (tertiary/aromatic N) is 1. The molecule has 6 heteroatoms. The molecule has 1 saturated heterocycles. The van der Waals surface area contributed by atoms with Crippen LogP contribution < -0.4 is 5.32 Å². The molecule has 1 aliphatic rings. The number of aryl methyl sites for hydroxylation is 2. The van der Waals surface area contributed by atoms with Gasteiger partial charge in [0, 0.05) is 26.3 Å². The van der Waals surface area contributed by atoms with Crippen LogP contribution in [0.15, 0.2) is 18.2 Å². The molecular weight excluding hydrogens is 308 g/mol. The first-order valence-electron chi connectivity index (χ1n) is 8.16. The molecule has 0 unspecified atom stereocenters. The minimum atomic E-state index is -0.321. The highest BCUT2D eigenvalue weighted by Gasteiger charge is 2.29. The Hall–Kier alpha value is -1.92. The van der Waals surface area contributed by atoms with Gasteiger partial charge in [-0.3, -0.25) is 9.59 Å². The first-order chi connectivity index (χ1) is 11.4. The van der Waals surface area contributed by atoms with Gasteiger partial charge in [0.05, 0.1) is 12.6 Å². The summed E-state index contributed by atoms with van der Waals surface area (Å²) in [6.07, 6.45) is 0.343. The van der Waals surface area contributed by atoms with Crippen molar-refractivity contribution >= 4 is 11.8 Å². The molecule has 1 aromatic rings. The van der Waals surface area contributed by atoms with Crippen LogP contribution in [0.3, 0.4) is 0 Å². The summed E-state index contributed by atoms with van der Waals surface area (Å²) in [5, 5.41) is 3.02. The number of rotatable bonds is 5. The zero-order valence-corrected chi connectivity index (χ0v) is 14.8. The van der Waals surface area contributed by atoms with E-state index in [0.29, 0.717) is 25.2 Å². The second kappa shape index (κ2) is 8.26. The molecule has 2 rings (SSSR count). The van der Waals surface area contributed by atoms with Crippen LogP contribution >= 0.6 is 0 Å². The summed E-state index contributed by atoms with van der Waals surface area (Å²) in [7, 11) is 3.37. The summed E-state index contributed by atoms with van der Waals surface area (Å²) in [4.78, 5) is 25.6. The monoisotopic (exact) mass is 334 g/mol. The van der Waals surface area contributed by atoms with E-state index in [1.165, 1.54) is 4.90 Å². The quantitative estimate of drug-likeness (QED) is 0.881. The first-order valence-corrected chi connectivity index (χ1v) is 8.16. The van der Waals surface area contributed by atoms with Crippen molar-refractivity contribution in [2.75, 3.05) is 33.9 Å². The fraction of sp³-hybridized carbons (Fsp3) is 0.556. The molecule has 0 aromatic heterocycles. The summed E-state index contributed by atoms with van der Waals surface area (Å²) in [5.41, 5.74) is 2.87. The number of hydrogen-bond acceptors (Lipinski definition) is 4. The van der Waals surface area contributed by atoms with Crippen LogP contribution in [0.2, 0.25) is 0 Å². The van der Waals surface area contributed by atoms with Crippen molar-refractivity contribution in [2.45, 2.75) is 32.4 Å². The topological polar surface area (TPSA) is 67.9 Å². The first kappa shape index (κ1) is 18.4. The molecule has 1 aliphatic heterocycles. The van der Waals surface area contributed by atoms with E-state index in [9.17, 15) is 9.59 Å². The minimum Gasteiger partial charge on any atom is -0.379 e. The number of benzene rings is 1. The highest BCUT2D eigenvalue weighted by molar-refractivity contribution is 5.94. The zero-order chi connectivity index (χ0) is 17.7. The van der Waals surface area contributed by atoms with Gasteiger partial charge in [0.2, 0.25) is 5.91 Å². The van der Waals surface area contributed by atoms with Crippen molar-refractivity contribution in [3.8, 4) is 0 Å². The standard InChI is InChI=1S/C18H26N2O4/c1-12-5-6-14(9-13(12)2)18(22)19-15-7-8-23-10-16(15)24-11-17(21)20(3)4/h5-6,9,15-16H,7-8,10-11H2,1-4H3,(H,19,22)/t15-,16-/m1/s1. The summed E-state index contributed by atoms with van der Waals surface area (Å²) < 4.78 is 11.1. The van der Waals surface area contributed by atoms with Gasteiger partial charge in [-0.2, -0.15) is 0 Å². The molecule has 0 radical (unpaired) electrons. The highest BCUT2D eigenvalue weighted by atomic mass is 16.5. The lowest BCUT2D eigenvalue weighted by molar-refractivity contribution is -0.140. The normalized spacial score (nSPS) is 20.5. The van der Waals surface area contributed by atoms with Gasteiger partial charge in [0.25, 0.3) is 5.91 Å². The van der Waals surface area contributed by atoms with Gasteiger partial charge in [-0.25, -0.2) is 0 Å². The van der Waals surface area contributed by atoms with E-state index >= 15 is 0 Å². The number of likely N-dealkylation sites (N-methyl/N-ethyl adjacent to an activating group) is 1. The molecular formula is C18H26N2O4. The third kappa shape index (κ3) is 4.79. The number of carbonyl (C=O) groups excluding carboxylic acids is 2. The summed E-state index contributed by atoms with van der Waals surface area (Å²) >= 11 is 0. The van der Waals surface area contributed by atoms with Crippen molar-refractivity contribution in [1.29, 1.82) is 0 Å². The molecule has 1 heterocycles. The van der Waals surface area contributed by atoms with E-state index in [-0.39, 0.29) is 30.6 Å². The average Bonchev–Trinajstić information content (AvgIpc) is 2.56. The van der Waals surface area contributed by atoms with Gasteiger partial charge in [0.15, 0.2) is 0 Å². The average molecular weight is 334 g/mol. The number of carbonyl (C=O) groups is 2. The van der Waals surface area contributed by atoms with E-state index < -0.39 is 0 Å². The summed E-state index contributed by atoms with van der Waals surface area (Å²) in [6, 6.07) is 5.48. The largest absolute Gasteiger partial charge is 0.379 e. The Bertz CT molecular complexity index is 601. The molecule has 1 aromatic carbocycles. The predicted octanol–water partition coefficient (Wildman–Crippen LogP) is 1.30. The van der Waals surface area contributed by atoms with Gasteiger partial charge < -0.3 is 19.7 Å². The van der Waals surface area contributed by atoms with Gasteiger partial charge in [-0.15, -0.1) is 0 Å². The molecule has 0 bridgehead atoms. The van der Waals surface area contributed by atoms with Gasteiger partial charge in [0.1, 0.15) is 12.7 Å². The highest BCUT2D eigenvalue weighted by Crippen LogP contribution is 2.14. The van der Waals surface area contributed by atoms with E-state index in [2.05, 4.69) is 5.32 Å². The van der Waals surface area contributed by atoms with Crippen LogP contribution in [0, 0.1) is 13.8 Å². The lowest BCUT2D eigenvalue weighted by Crippen LogP contribution is -2.50. The summed E-state index contributed by atoms with van der Waals surface area (Å²) in [5.74, 6) is -0.239. The van der Waals surface area contributed by atoms with Crippen molar-refractivity contribution < 1.29 is 19.1 Å². The van der Waals surface area contributed by atoms with Gasteiger partial charge >= 0.3 is 0 Å². The van der Waals surface area contributed by atoms with E-state index in [4.69, 9.17) is 9.47 Å². The minimum absolute atomic E-state index is 0.0168. The van der Waals surface area contributed by atoms with Crippen LogP contribution in [0.25, 0.3) is 0 Å². The lowest BCUT2D eigenvalue weighted by Gasteiger charge is -2.32. The molecule has 1 N–H and O–H groups in total. The third-order valence-electron chi connectivity index (χ3n) is 4.31. The Morgan fingerprint density at radius 3 is 2.71 bits per heavy atom. The Morgan fingerprint density at radius 1 is 1.29 bits per heavy atom. The molecule has 132 valence electrons. The summed E-state index contributed by atoms with van der Waals surface area (Å²) in [6.45, 7) is 4.93. The number of hydrogen-bond donors (Lipinski definition) is 1. The number of nitrogens with one attached hydrogen (secondary N) is 1. The Kier molecular flexibility index (Phi) is 6.34. The van der Waals surface area contributed by atoms with E-state index in [1.54, 1.807) is 14.1 Å². The molecule has 24 heavy (non-hydrogen) atoms. The lowest BCUT2D eigenvalue weighted by atomic mass is 10.0. The van der Waals surface area contributed by atoms with Crippen LogP contribution in [0.5, 0.6) is 0 Å². The molecule has 0 saturated carbocycles. The fourth-order valence-electron chi connectivity index (χ4n) is 2.48. The molecule has 1 fully saturated rings. The smallest absolute Gasteiger partial charge is 0.251 e. The molecule has 0 spiro atoms. The van der Waals surface area contributed by atoms with Gasteiger partial charge in [-0.05, 0) is 43.5 Å². The van der Waals surface area contributed by atoms with Crippen molar-refractivity contribution in [3.05, 3.63) is 34.9 Å². The van der Waals surface area contributed by atoms with Crippen molar-refractivity contribution in [2.24, 2.45) is 0 Å². The van der Waals surface area contributed by atoms with E-state index in [0.717, 1.165) is 11.1 Å². The maximum Gasteiger partial charge on any atom is 0.251 e. The maximum absolute atomic E-state index is 12.5. The van der Waals surface area contributed by atoms with Crippen molar-refractivity contribution in [3.63, 3.8) is 0 Å². The zero-order valence-electron chi connectivity index (χ0n) is 14.8. The van der Waals surface area contributed by atoms with Crippen LogP contribution in [-0.2, 0) is 14.3 Å². The van der Waals surface area contributed by atoms with E-state index in [1.807, 2.05) is 32.0 Å². The number of amides is 2. The van der Waals surface area contributed by atoms with Crippen molar-refractivity contribution in [1.82, 2.24) is 10.2 Å². The van der Waals surface area contributed by atoms with Crippen LogP contribution in [0.1, 0.15) is 27.9 Å². The molecule has 2 atom stereocenters. The van der Waals surface area contributed by atoms with Crippen LogP contribution in [-0.4, -0.2) is 62.8 Å². The predicted molar refractivity (Wildman–Crippen MR) is 91.0 cm³/mol. The Labute approximate surface area is 143 Å².